The summed E-state index contributed by atoms with van der Waals surface area (Å²) in [6.07, 6.45) is 1.15. The molecule has 1 aliphatic rings. The molecule has 20 heavy (non-hydrogen) atoms. The normalized spacial score (nSPS) is 16.5. The lowest BCUT2D eigenvalue weighted by Crippen LogP contribution is -2.55. The third kappa shape index (κ3) is 3.49. The number of rotatable bonds is 5. The van der Waals surface area contributed by atoms with E-state index in [-0.39, 0.29) is 24.9 Å². The number of amides is 1. The van der Waals surface area contributed by atoms with Crippen molar-refractivity contribution in [1.29, 1.82) is 0 Å². The highest BCUT2D eigenvalue weighted by Crippen LogP contribution is 2.19. The molecule has 0 saturated carbocycles. The van der Waals surface area contributed by atoms with Crippen LogP contribution in [0.1, 0.15) is 5.56 Å². The minimum absolute atomic E-state index is 0.110. The van der Waals surface area contributed by atoms with E-state index in [0.717, 1.165) is 17.6 Å². The molecule has 110 valence electrons. The molecule has 1 N–H and O–H groups in total. The van der Waals surface area contributed by atoms with Crippen molar-refractivity contribution in [2.24, 2.45) is 5.92 Å². The summed E-state index contributed by atoms with van der Waals surface area (Å²) >= 11 is 0. The van der Waals surface area contributed by atoms with E-state index in [4.69, 9.17) is 4.74 Å². The number of sulfonamides is 1. The van der Waals surface area contributed by atoms with E-state index in [0.29, 0.717) is 6.54 Å². The van der Waals surface area contributed by atoms with Crippen molar-refractivity contribution in [3.8, 4) is 5.75 Å². The molecule has 6 nitrogen and oxygen atoms in total. The quantitative estimate of drug-likeness (QED) is 0.843. The van der Waals surface area contributed by atoms with Gasteiger partial charge in [0.05, 0.1) is 19.3 Å². The first-order valence-corrected chi connectivity index (χ1v) is 8.11. The fourth-order valence-corrected chi connectivity index (χ4v) is 2.85. The average molecular weight is 298 g/mol. The molecule has 1 aromatic carbocycles. The predicted molar refractivity (Wildman–Crippen MR) is 74.7 cm³/mol. The van der Waals surface area contributed by atoms with Gasteiger partial charge < -0.3 is 10.1 Å². The van der Waals surface area contributed by atoms with E-state index >= 15 is 0 Å². The van der Waals surface area contributed by atoms with E-state index in [1.165, 1.54) is 4.31 Å². The van der Waals surface area contributed by atoms with Crippen LogP contribution in [0.3, 0.4) is 0 Å². The van der Waals surface area contributed by atoms with E-state index in [2.05, 4.69) is 5.32 Å². The molecule has 7 heteroatoms. The number of carbonyl (C=O) groups is 1. The highest BCUT2D eigenvalue weighted by molar-refractivity contribution is 7.88. The predicted octanol–water partition coefficient (Wildman–Crippen LogP) is 0.203. The van der Waals surface area contributed by atoms with Gasteiger partial charge in [-0.25, -0.2) is 12.7 Å². The fraction of sp³-hybridized carbons (Fsp3) is 0.462. The minimum atomic E-state index is -3.17. The highest BCUT2D eigenvalue weighted by atomic mass is 32.2. The number of nitrogens with zero attached hydrogens (tertiary/aromatic N) is 1. The van der Waals surface area contributed by atoms with Crippen molar-refractivity contribution in [1.82, 2.24) is 9.62 Å². The van der Waals surface area contributed by atoms with Gasteiger partial charge >= 0.3 is 0 Å². The third-order valence-corrected chi connectivity index (χ3v) is 4.55. The third-order valence-electron chi connectivity index (χ3n) is 3.31. The molecule has 0 unspecified atom stereocenters. The second-order valence-corrected chi connectivity index (χ2v) is 6.83. The van der Waals surface area contributed by atoms with Crippen LogP contribution in [0.15, 0.2) is 24.3 Å². The first kappa shape index (κ1) is 14.8. The zero-order valence-corrected chi connectivity index (χ0v) is 12.3. The first-order chi connectivity index (χ1) is 9.40. The summed E-state index contributed by atoms with van der Waals surface area (Å²) in [4.78, 5) is 11.8. The zero-order valence-electron chi connectivity index (χ0n) is 11.5. The van der Waals surface area contributed by atoms with E-state index < -0.39 is 10.0 Å². The van der Waals surface area contributed by atoms with Crippen LogP contribution in [-0.4, -0.2) is 45.1 Å². The lowest BCUT2D eigenvalue weighted by molar-refractivity contribution is -0.128. The summed E-state index contributed by atoms with van der Waals surface area (Å²) in [6.45, 7) is 0.971. The Labute approximate surface area is 118 Å². The maximum atomic E-state index is 11.8. The number of carbonyl (C=O) groups excluding carboxylic acids is 1. The Morgan fingerprint density at radius 3 is 2.45 bits per heavy atom. The molecule has 1 heterocycles. The number of benzene rings is 1. The molecule has 0 aromatic heterocycles. The zero-order chi connectivity index (χ0) is 14.8. The maximum Gasteiger partial charge on any atom is 0.226 e. The Morgan fingerprint density at radius 1 is 1.35 bits per heavy atom. The highest BCUT2D eigenvalue weighted by Gasteiger charge is 2.37. The van der Waals surface area contributed by atoms with E-state index in [9.17, 15) is 13.2 Å². The summed E-state index contributed by atoms with van der Waals surface area (Å²) in [5.74, 6) is 0.409. The average Bonchev–Trinajstić information content (AvgIpc) is 2.33. The maximum absolute atomic E-state index is 11.8. The van der Waals surface area contributed by atoms with Crippen molar-refractivity contribution in [3.63, 3.8) is 0 Å². The summed E-state index contributed by atoms with van der Waals surface area (Å²) in [5.41, 5.74) is 0.971. The molecule has 0 bridgehead atoms. The number of ether oxygens (including phenoxy) is 1. The smallest absolute Gasteiger partial charge is 0.226 e. The van der Waals surface area contributed by atoms with Crippen molar-refractivity contribution in [2.45, 2.75) is 6.54 Å². The molecular formula is C13H18N2O4S. The Balaban J connectivity index is 1.79. The van der Waals surface area contributed by atoms with Gasteiger partial charge in [-0.2, -0.15) is 0 Å². The van der Waals surface area contributed by atoms with Gasteiger partial charge in [0.1, 0.15) is 5.75 Å². The van der Waals surface area contributed by atoms with Gasteiger partial charge in [0.2, 0.25) is 15.9 Å². The van der Waals surface area contributed by atoms with Crippen LogP contribution in [0.25, 0.3) is 0 Å². The number of nitrogens with one attached hydrogen (secondary N) is 1. The largest absolute Gasteiger partial charge is 0.497 e. The Bertz CT molecular complexity index is 577. The monoisotopic (exact) mass is 298 g/mol. The molecule has 1 fully saturated rings. The molecule has 1 aliphatic heterocycles. The second-order valence-electron chi connectivity index (χ2n) is 4.84. The Kier molecular flexibility index (Phi) is 4.29. The second kappa shape index (κ2) is 5.80. The summed E-state index contributed by atoms with van der Waals surface area (Å²) < 4.78 is 28.8. The van der Waals surface area contributed by atoms with Crippen LogP contribution in [0.4, 0.5) is 0 Å². The number of hydrogen-bond donors (Lipinski definition) is 1. The van der Waals surface area contributed by atoms with Gasteiger partial charge in [0.15, 0.2) is 0 Å². The van der Waals surface area contributed by atoms with Gasteiger partial charge in [-0.05, 0) is 17.7 Å². The molecular weight excluding hydrogens is 280 g/mol. The van der Waals surface area contributed by atoms with Gasteiger partial charge in [0.25, 0.3) is 0 Å². The molecule has 1 saturated heterocycles. The first-order valence-electron chi connectivity index (χ1n) is 6.26. The van der Waals surface area contributed by atoms with Gasteiger partial charge in [-0.1, -0.05) is 12.1 Å². The van der Waals surface area contributed by atoms with Crippen LogP contribution in [0.5, 0.6) is 5.75 Å². The molecule has 2 rings (SSSR count). The van der Waals surface area contributed by atoms with E-state index in [1.807, 2.05) is 24.3 Å². The van der Waals surface area contributed by atoms with Crippen LogP contribution in [-0.2, 0) is 21.4 Å². The molecule has 0 radical (unpaired) electrons. The Morgan fingerprint density at radius 2 is 1.95 bits per heavy atom. The van der Waals surface area contributed by atoms with Crippen LogP contribution in [0, 0.1) is 5.92 Å². The van der Waals surface area contributed by atoms with Gasteiger partial charge in [-0.15, -0.1) is 0 Å². The number of methoxy groups -OCH3 is 1. The molecule has 0 aliphatic carbocycles. The topological polar surface area (TPSA) is 75.7 Å². The van der Waals surface area contributed by atoms with Gasteiger partial charge in [0, 0.05) is 19.6 Å². The van der Waals surface area contributed by atoms with Crippen molar-refractivity contribution in [3.05, 3.63) is 29.8 Å². The summed E-state index contributed by atoms with van der Waals surface area (Å²) in [7, 11) is -1.57. The summed E-state index contributed by atoms with van der Waals surface area (Å²) in [5, 5.41) is 2.81. The van der Waals surface area contributed by atoms with Crippen molar-refractivity contribution in [2.75, 3.05) is 26.5 Å². The van der Waals surface area contributed by atoms with Crippen molar-refractivity contribution < 1.29 is 17.9 Å². The summed E-state index contributed by atoms with van der Waals surface area (Å²) in [6, 6.07) is 7.41. The van der Waals surface area contributed by atoms with Gasteiger partial charge in [-0.3, -0.25) is 4.79 Å². The molecule has 1 aromatic rings. The SMILES string of the molecule is COc1ccc(CNC(=O)C2CN(S(C)(=O)=O)C2)cc1. The molecule has 0 atom stereocenters. The lowest BCUT2D eigenvalue weighted by Gasteiger charge is -2.35. The fourth-order valence-electron chi connectivity index (χ4n) is 1.95. The lowest BCUT2D eigenvalue weighted by atomic mass is 10.0. The minimum Gasteiger partial charge on any atom is -0.497 e. The molecule has 0 spiro atoms. The van der Waals surface area contributed by atoms with Crippen LogP contribution in [0.2, 0.25) is 0 Å². The standard InChI is InChI=1S/C13H18N2O4S/c1-19-12-5-3-10(4-6-12)7-14-13(16)11-8-15(9-11)20(2,17)18/h3-6,11H,7-9H2,1-2H3,(H,14,16). The van der Waals surface area contributed by atoms with Crippen molar-refractivity contribution >= 4 is 15.9 Å². The van der Waals surface area contributed by atoms with E-state index in [1.54, 1.807) is 7.11 Å². The Hall–Kier alpha value is -1.60. The van der Waals surface area contributed by atoms with Crippen LogP contribution >= 0.6 is 0 Å². The van der Waals surface area contributed by atoms with Crippen LogP contribution < -0.4 is 10.1 Å². The number of hydrogen-bond acceptors (Lipinski definition) is 4. The molecule has 1 amide bonds.